The monoisotopic (exact) mass is 165 g/mol. The van der Waals surface area contributed by atoms with Crippen molar-refractivity contribution in [2.24, 2.45) is 5.73 Å². The lowest BCUT2D eigenvalue weighted by molar-refractivity contribution is -0.128. The number of nitrogens with zero attached hydrogens (tertiary/aromatic N) is 2. The van der Waals surface area contributed by atoms with Crippen molar-refractivity contribution in [1.82, 2.24) is 4.90 Å². The fourth-order valence-corrected chi connectivity index (χ4v) is 1.15. The third-order valence-corrected chi connectivity index (χ3v) is 1.97. The molecule has 1 rings (SSSR count). The minimum absolute atomic E-state index is 0.00440. The second-order valence-corrected chi connectivity index (χ2v) is 2.81. The molecule has 0 spiro atoms. The molecule has 0 aromatic carbocycles. The predicted octanol–water partition coefficient (Wildman–Crippen LogP) is -0.0250. The van der Waals surface area contributed by atoms with E-state index in [-0.39, 0.29) is 5.91 Å². The highest BCUT2D eigenvalue weighted by molar-refractivity contribution is 5.74. The Hall–Kier alpha value is -1.50. The normalized spacial score (nSPS) is 17.5. The number of carbonyl (C=O) groups is 1. The summed E-state index contributed by atoms with van der Waals surface area (Å²) in [6, 6.07) is 2.00. The van der Waals surface area contributed by atoms with E-state index in [2.05, 4.69) is 0 Å². The maximum Gasteiger partial charge on any atom is 0.219 e. The largest absolute Gasteiger partial charge is 0.401 e. The number of rotatable bonds is 0. The Bertz CT molecular complexity index is 275. The zero-order valence-electron chi connectivity index (χ0n) is 7.00. The lowest BCUT2D eigenvalue weighted by atomic mass is 10.1. The van der Waals surface area contributed by atoms with Crippen molar-refractivity contribution in [3.8, 4) is 6.07 Å². The van der Waals surface area contributed by atoms with Gasteiger partial charge in [0, 0.05) is 25.6 Å². The molecular formula is C8H11N3O. The number of hydrogen-bond donors (Lipinski definition) is 1. The third kappa shape index (κ3) is 1.56. The van der Waals surface area contributed by atoms with Crippen LogP contribution in [0.25, 0.3) is 0 Å². The van der Waals surface area contributed by atoms with Crippen LogP contribution in [0.5, 0.6) is 0 Å². The van der Waals surface area contributed by atoms with Crippen LogP contribution in [0.1, 0.15) is 13.3 Å². The third-order valence-electron chi connectivity index (χ3n) is 1.97. The average molecular weight is 165 g/mol. The first kappa shape index (κ1) is 8.60. The molecule has 0 saturated heterocycles. The molecule has 0 aromatic heterocycles. The van der Waals surface area contributed by atoms with Gasteiger partial charge in [-0.05, 0) is 0 Å². The predicted molar refractivity (Wildman–Crippen MR) is 43.7 cm³/mol. The average Bonchev–Trinajstić information content (AvgIpc) is 2.05. The lowest BCUT2D eigenvalue weighted by Crippen LogP contribution is -2.36. The molecule has 0 atom stereocenters. The summed E-state index contributed by atoms with van der Waals surface area (Å²) in [7, 11) is 0. The molecule has 64 valence electrons. The summed E-state index contributed by atoms with van der Waals surface area (Å²) in [5, 5.41) is 8.64. The molecule has 0 saturated carbocycles. The Balaban J connectivity index is 2.76. The van der Waals surface area contributed by atoms with E-state index in [1.807, 2.05) is 6.07 Å². The van der Waals surface area contributed by atoms with Crippen molar-refractivity contribution in [3.05, 3.63) is 11.3 Å². The molecule has 0 aromatic rings. The molecule has 1 aliphatic rings. The van der Waals surface area contributed by atoms with Crippen LogP contribution in [-0.2, 0) is 4.79 Å². The minimum Gasteiger partial charge on any atom is -0.401 e. The van der Waals surface area contributed by atoms with Crippen LogP contribution in [0, 0.1) is 11.3 Å². The van der Waals surface area contributed by atoms with E-state index in [9.17, 15) is 4.79 Å². The highest BCUT2D eigenvalue weighted by Gasteiger charge is 2.18. The molecule has 0 radical (unpaired) electrons. The summed E-state index contributed by atoms with van der Waals surface area (Å²) in [5.41, 5.74) is 6.72. The fourth-order valence-electron chi connectivity index (χ4n) is 1.15. The van der Waals surface area contributed by atoms with Crippen LogP contribution in [0.2, 0.25) is 0 Å². The zero-order chi connectivity index (χ0) is 9.14. The minimum atomic E-state index is -0.00440. The van der Waals surface area contributed by atoms with Gasteiger partial charge in [-0.25, -0.2) is 0 Å². The maximum absolute atomic E-state index is 10.9. The number of amides is 1. The van der Waals surface area contributed by atoms with Crippen molar-refractivity contribution < 1.29 is 4.79 Å². The standard InChI is InChI=1S/C8H11N3O/c1-6(12)11-3-2-8(10)7(4-9)5-11/h2-3,5,10H2,1H3. The molecule has 1 aliphatic heterocycles. The molecule has 0 unspecified atom stereocenters. The highest BCUT2D eigenvalue weighted by atomic mass is 16.2. The second kappa shape index (κ2) is 3.26. The molecule has 12 heavy (non-hydrogen) atoms. The van der Waals surface area contributed by atoms with Gasteiger partial charge in [-0.2, -0.15) is 5.26 Å². The Morgan fingerprint density at radius 2 is 2.42 bits per heavy atom. The van der Waals surface area contributed by atoms with E-state index in [1.165, 1.54) is 6.92 Å². The second-order valence-electron chi connectivity index (χ2n) is 2.81. The maximum atomic E-state index is 10.9. The molecule has 4 nitrogen and oxygen atoms in total. The molecule has 0 bridgehead atoms. The summed E-state index contributed by atoms with van der Waals surface area (Å²) < 4.78 is 0. The van der Waals surface area contributed by atoms with Gasteiger partial charge in [-0.15, -0.1) is 0 Å². The van der Waals surface area contributed by atoms with Gasteiger partial charge in [0.2, 0.25) is 5.91 Å². The Morgan fingerprint density at radius 1 is 1.75 bits per heavy atom. The Kier molecular flexibility index (Phi) is 2.34. The van der Waals surface area contributed by atoms with Gasteiger partial charge in [-0.3, -0.25) is 4.79 Å². The molecule has 0 fully saturated rings. The summed E-state index contributed by atoms with van der Waals surface area (Å²) in [6.07, 6.45) is 0.614. The van der Waals surface area contributed by atoms with E-state index >= 15 is 0 Å². The quantitative estimate of drug-likeness (QED) is 0.548. The van der Waals surface area contributed by atoms with Crippen molar-refractivity contribution in [2.45, 2.75) is 13.3 Å². The van der Waals surface area contributed by atoms with E-state index in [0.29, 0.717) is 30.8 Å². The molecular weight excluding hydrogens is 154 g/mol. The van der Waals surface area contributed by atoms with E-state index in [0.717, 1.165) is 0 Å². The molecule has 1 amide bonds. The number of carbonyl (C=O) groups excluding carboxylic acids is 1. The molecule has 2 N–H and O–H groups in total. The number of hydrogen-bond acceptors (Lipinski definition) is 3. The van der Waals surface area contributed by atoms with Crippen LogP contribution in [0.4, 0.5) is 0 Å². The van der Waals surface area contributed by atoms with E-state index in [1.54, 1.807) is 4.90 Å². The first-order valence-corrected chi connectivity index (χ1v) is 3.78. The topological polar surface area (TPSA) is 70.1 Å². The summed E-state index contributed by atoms with van der Waals surface area (Å²) in [4.78, 5) is 12.5. The van der Waals surface area contributed by atoms with Crippen LogP contribution >= 0.6 is 0 Å². The van der Waals surface area contributed by atoms with Crippen molar-refractivity contribution >= 4 is 5.91 Å². The number of nitriles is 1. The Morgan fingerprint density at radius 3 is 2.92 bits per heavy atom. The summed E-state index contributed by atoms with van der Waals surface area (Å²) in [5.74, 6) is -0.00440. The zero-order valence-corrected chi connectivity index (χ0v) is 7.00. The van der Waals surface area contributed by atoms with Gasteiger partial charge in [-0.1, -0.05) is 0 Å². The summed E-state index contributed by atoms with van der Waals surface area (Å²) in [6.45, 7) is 2.50. The molecule has 0 aliphatic carbocycles. The summed E-state index contributed by atoms with van der Waals surface area (Å²) >= 11 is 0. The van der Waals surface area contributed by atoms with Crippen LogP contribution in [0.3, 0.4) is 0 Å². The first-order chi connectivity index (χ1) is 5.65. The molecule has 1 heterocycles. The van der Waals surface area contributed by atoms with Crippen LogP contribution < -0.4 is 5.73 Å². The van der Waals surface area contributed by atoms with Gasteiger partial charge in [0.05, 0.1) is 18.2 Å². The first-order valence-electron chi connectivity index (χ1n) is 3.78. The van der Waals surface area contributed by atoms with Crippen LogP contribution in [0.15, 0.2) is 11.3 Å². The van der Waals surface area contributed by atoms with E-state index in [4.69, 9.17) is 11.0 Å². The lowest BCUT2D eigenvalue weighted by Gasteiger charge is -2.25. The SMILES string of the molecule is CC(=O)N1CCC(N)=C(C#N)C1. The van der Waals surface area contributed by atoms with Gasteiger partial charge >= 0.3 is 0 Å². The van der Waals surface area contributed by atoms with Crippen molar-refractivity contribution in [1.29, 1.82) is 5.26 Å². The highest BCUT2D eigenvalue weighted by Crippen LogP contribution is 2.12. The van der Waals surface area contributed by atoms with E-state index < -0.39 is 0 Å². The number of nitrogens with two attached hydrogens (primary N) is 1. The Labute approximate surface area is 71.3 Å². The van der Waals surface area contributed by atoms with Crippen molar-refractivity contribution in [3.63, 3.8) is 0 Å². The van der Waals surface area contributed by atoms with Crippen LogP contribution in [-0.4, -0.2) is 23.9 Å². The van der Waals surface area contributed by atoms with Gasteiger partial charge in [0.1, 0.15) is 0 Å². The fraction of sp³-hybridized carbons (Fsp3) is 0.500. The van der Waals surface area contributed by atoms with Crippen molar-refractivity contribution in [2.75, 3.05) is 13.1 Å². The smallest absolute Gasteiger partial charge is 0.219 e. The molecule has 4 heteroatoms. The van der Waals surface area contributed by atoms with Gasteiger partial charge in [0.25, 0.3) is 0 Å². The van der Waals surface area contributed by atoms with Gasteiger partial charge < -0.3 is 10.6 Å². The van der Waals surface area contributed by atoms with Gasteiger partial charge in [0.15, 0.2) is 0 Å².